The van der Waals surface area contributed by atoms with Crippen molar-refractivity contribution in [1.29, 1.82) is 0 Å². The quantitative estimate of drug-likeness (QED) is 0.656. The lowest BCUT2D eigenvalue weighted by molar-refractivity contribution is -0.121. The summed E-state index contributed by atoms with van der Waals surface area (Å²) in [6.07, 6.45) is 0.196. The second kappa shape index (κ2) is 7.67. The molecular formula is C17H17N3O3S3. The number of primary sulfonamides is 1. The van der Waals surface area contributed by atoms with Crippen LogP contribution in [0.3, 0.4) is 0 Å². The molecule has 0 unspecified atom stereocenters. The van der Waals surface area contributed by atoms with Gasteiger partial charge in [0.05, 0.1) is 27.9 Å². The molecule has 0 radical (unpaired) electrons. The van der Waals surface area contributed by atoms with E-state index in [1.165, 1.54) is 23.5 Å². The van der Waals surface area contributed by atoms with E-state index in [2.05, 4.69) is 10.3 Å². The van der Waals surface area contributed by atoms with Gasteiger partial charge < -0.3 is 5.32 Å². The van der Waals surface area contributed by atoms with Crippen molar-refractivity contribution in [1.82, 2.24) is 10.3 Å². The predicted molar refractivity (Wildman–Crippen MR) is 104 cm³/mol. The number of benzene rings is 1. The summed E-state index contributed by atoms with van der Waals surface area (Å²) >= 11 is 3.13. The molecule has 0 saturated carbocycles. The summed E-state index contributed by atoms with van der Waals surface area (Å²) < 4.78 is 22.6. The number of rotatable bonds is 6. The normalized spacial score (nSPS) is 12.7. The van der Waals surface area contributed by atoms with E-state index in [9.17, 15) is 13.2 Å². The van der Waals surface area contributed by atoms with Crippen molar-refractivity contribution in [3.63, 3.8) is 0 Å². The Kier molecular flexibility index (Phi) is 5.52. The molecule has 0 aliphatic rings. The fourth-order valence-electron chi connectivity index (χ4n) is 2.39. The lowest BCUT2D eigenvalue weighted by atomic mass is 10.1. The molecule has 9 heteroatoms. The van der Waals surface area contributed by atoms with Gasteiger partial charge in [-0.1, -0.05) is 18.2 Å². The fourth-order valence-corrected chi connectivity index (χ4v) is 4.54. The second-order valence-corrected chi connectivity index (χ2v) is 9.07. The number of thiophene rings is 1. The number of aromatic nitrogens is 1. The Morgan fingerprint density at radius 3 is 2.58 bits per heavy atom. The van der Waals surface area contributed by atoms with Crippen LogP contribution in [-0.2, 0) is 21.2 Å². The summed E-state index contributed by atoms with van der Waals surface area (Å²) in [6, 6.07) is 9.86. The lowest BCUT2D eigenvalue weighted by Crippen LogP contribution is -2.28. The number of carbonyl (C=O) groups excluding carboxylic acids is 1. The highest BCUT2D eigenvalue weighted by molar-refractivity contribution is 7.89. The Labute approximate surface area is 159 Å². The highest BCUT2D eigenvalue weighted by Gasteiger charge is 2.14. The molecule has 0 aliphatic heterocycles. The summed E-state index contributed by atoms with van der Waals surface area (Å²) in [7, 11) is -3.72. The Morgan fingerprint density at radius 1 is 1.23 bits per heavy atom. The monoisotopic (exact) mass is 407 g/mol. The van der Waals surface area contributed by atoms with Gasteiger partial charge in [0.2, 0.25) is 15.9 Å². The van der Waals surface area contributed by atoms with Gasteiger partial charge in [-0.15, -0.1) is 22.7 Å². The van der Waals surface area contributed by atoms with Crippen LogP contribution in [0, 0.1) is 0 Å². The fraction of sp³-hybridized carbons (Fsp3) is 0.176. The molecule has 3 rings (SSSR count). The molecule has 6 nitrogen and oxygen atoms in total. The summed E-state index contributed by atoms with van der Waals surface area (Å²) in [5.74, 6) is -0.143. The number of nitrogens with one attached hydrogen (secondary N) is 1. The van der Waals surface area contributed by atoms with Gasteiger partial charge in [-0.05, 0) is 36.1 Å². The molecule has 136 valence electrons. The van der Waals surface area contributed by atoms with Crippen molar-refractivity contribution in [2.45, 2.75) is 24.3 Å². The minimum absolute atomic E-state index is 0.0448. The Morgan fingerprint density at radius 2 is 1.96 bits per heavy atom. The smallest absolute Gasteiger partial charge is 0.238 e. The van der Waals surface area contributed by atoms with Crippen LogP contribution in [0.4, 0.5) is 0 Å². The van der Waals surface area contributed by atoms with E-state index in [0.717, 1.165) is 21.1 Å². The number of nitrogens with two attached hydrogens (primary N) is 1. The van der Waals surface area contributed by atoms with Crippen molar-refractivity contribution in [2.75, 3.05) is 0 Å². The van der Waals surface area contributed by atoms with E-state index >= 15 is 0 Å². The largest absolute Gasteiger partial charge is 0.349 e. The molecule has 0 aliphatic carbocycles. The van der Waals surface area contributed by atoms with Gasteiger partial charge in [-0.3, -0.25) is 4.79 Å². The third-order valence-electron chi connectivity index (χ3n) is 3.71. The summed E-state index contributed by atoms with van der Waals surface area (Å²) in [5, 5.41) is 12.8. The molecule has 2 heterocycles. The Hall–Kier alpha value is -2.07. The standard InChI is InChI=1S/C17H17N3O3S3/c1-11(12-4-6-14(7-5-12)26(18,22)23)19-16(21)9-13-10-25-17(20-13)15-3-2-8-24-15/h2-8,10-11H,9H2,1H3,(H,19,21)(H2,18,22,23)/t11-/m0/s1. The zero-order chi connectivity index (χ0) is 18.7. The molecule has 26 heavy (non-hydrogen) atoms. The van der Waals surface area contributed by atoms with Crippen LogP contribution in [0.15, 0.2) is 52.1 Å². The Balaban J connectivity index is 1.61. The van der Waals surface area contributed by atoms with E-state index in [-0.39, 0.29) is 23.3 Å². The topological polar surface area (TPSA) is 102 Å². The number of nitrogens with zero attached hydrogens (tertiary/aromatic N) is 1. The highest BCUT2D eigenvalue weighted by Crippen LogP contribution is 2.28. The van der Waals surface area contributed by atoms with Gasteiger partial charge in [0.15, 0.2) is 0 Å². The first-order chi connectivity index (χ1) is 12.3. The predicted octanol–water partition coefficient (Wildman–Crippen LogP) is 2.94. The van der Waals surface area contributed by atoms with Crippen molar-refractivity contribution >= 4 is 38.6 Å². The number of sulfonamides is 1. The van der Waals surface area contributed by atoms with Gasteiger partial charge in [0, 0.05) is 5.38 Å². The number of thiazole rings is 1. The highest BCUT2D eigenvalue weighted by atomic mass is 32.2. The third-order valence-corrected chi connectivity index (χ3v) is 6.57. The molecule has 1 aromatic carbocycles. The molecule has 0 bridgehead atoms. The SMILES string of the molecule is C[C@H](NC(=O)Cc1csc(-c2cccs2)n1)c1ccc(S(N)(=O)=O)cc1. The van der Waals surface area contributed by atoms with E-state index < -0.39 is 10.0 Å². The first-order valence-corrected chi connectivity index (χ1v) is 11.0. The number of amides is 1. The molecule has 1 atom stereocenters. The average Bonchev–Trinajstić information content (AvgIpc) is 3.25. The molecule has 0 saturated heterocycles. The van der Waals surface area contributed by atoms with Gasteiger partial charge >= 0.3 is 0 Å². The minimum atomic E-state index is -3.72. The zero-order valence-corrected chi connectivity index (χ0v) is 16.3. The van der Waals surface area contributed by atoms with Crippen LogP contribution in [0.25, 0.3) is 9.88 Å². The van der Waals surface area contributed by atoms with Crippen molar-refractivity contribution < 1.29 is 13.2 Å². The third kappa shape index (κ3) is 4.55. The van der Waals surface area contributed by atoms with Gasteiger partial charge in [-0.2, -0.15) is 0 Å². The van der Waals surface area contributed by atoms with Crippen LogP contribution in [0.5, 0.6) is 0 Å². The first kappa shape index (κ1) is 18.7. The molecule has 2 aromatic heterocycles. The number of carbonyl (C=O) groups is 1. The van der Waals surface area contributed by atoms with E-state index in [1.807, 2.05) is 29.8 Å². The molecule has 1 amide bonds. The average molecular weight is 408 g/mol. The number of hydrogen-bond acceptors (Lipinski definition) is 6. The summed E-state index contributed by atoms with van der Waals surface area (Å²) in [6.45, 7) is 1.84. The maximum absolute atomic E-state index is 12.3. The number of hydrogen-bond donors (Lipinski definition) is 2. The second-order valence-electron chi connectivity index (χ2n) is 5.70. The van der Waals surface area contributed by atoms with E-state index in [4.69, 9.17) is 5.14 Å². The van der Waals surface area contributed by atoms with Gasteiger partial charge in [0.1, 0.15) is 5.01 Å². The van der Waals surface area contributed by atoms with Crippen LogP contribution in [0.2, 0.25) is 0 Å². The van der Waals surface area contributed by atoms with Crippen LogP contribution < -0.4 is 10.5 Å². The molecule has 3 N–H and O–H groups in total. The maximum Gasteiger partial charge on any atom is 0.238 e. The van der Waals surface area contributed by atoms with Crippen LogP contribution in [0.1, 0.15) is 24.2 Å². The zero-order valence-electron chi connectivity index (χ0n) is 13.9. The molecular weight excluding hydrogens is 390 g/mol. The lowest BCUT2D eigenvalue weighted by Gasteiger charge is -2.14. The van der Waals surface area contributed by atoms with Gasteiger partial charge in [-0.25, -0.2) is 18.5 Å². The first-order valence-electron chi connectivity index (χ1n) is 7.73. The Bertz CT molecular complexity index is 994. The minimum Gasteiger partial charge on any atom is -0.349 e. The summed E-state index contributed by atoms with van der Waals surface area (Å²) in [5.41, 5.74) is 1.52. The van der Waals surface area contributed by atoms with E-state index in [0.29, 0.717) is 0 Å². The summed E-state index contributed by atoms with van der Waals surface area (Å²) in [4.78, 5) is 17.9. The van der Waals surface area contributed by atoms with Crippen LogP contribution in [-0.4, -0.2) is 19.3 Å². The van der Waals surface area contributed by atoms with Crippen molar-refractivity contribution in [3.05, 3.63) is 58.4 Å². The molecule has 0 fully saturated rings. The van der Waals surface area contributed by atoms with Crippen LogP contribution >= 0.6 is 22.7 Å². The molecule has 0 spiro atoms. The van der Waals surface area contributed by atoms with Gasteiger partial charge in [0.25, 0.3) is 0 Å². The molecule has 3 aromatic rings. The maximum atomic E-state index is 12.3. The van der Waals surface area contributed by atoms with Crippen molar-refractivity contribution in [3.8, 4) is 9.88 Å². The van der Waals surface area contributed by atoms with E-state index in [1.54, 1.807) is 23.5 Å². The van der Waals surface area contributed by atoms with Crippen molar-refractivity contribution in [2.24, 2.45) is 5.14 Å².